The van der Waals surface area contributed by atoms with Gasteiger partial charge in [-0.1, -0.05) is 164 Å². The van der Waals surface area contributed by atoms with Crippen LogP contribution < -0.4 is 0 Å². The molecule has 0 amide bonds. The predicted octanol–water partition coefficient (Wildman–Crippen LogP) is 17.1. The van der Waals surface area contributed by atoms with Crippen molar-refractivity contribution >= 4 is 76.2 Å². The molecule has 0 saturated heterocycles. The SMILES string of the molecule is c1ccc(-c2ccc(-n3c4ccccc4c4cc5c6cc(-c7ccc8c(c7)c7ccccc7n8-c7cccc(-c8ccccc8)c7)ccc6n(-c6ccc7ccccc7c6)c5cc43)cc2)cc1. The number of aromatic nitrogens is 3. The summed E-state index contributed by atoms with van der Waals surface area (Å²) in [4.78, 5) is 0. The molecule has 0 bridgehead atoms. The molecule has 14 rings (SSSR count). The van der Waals surface area contributed by atoms with E-state index in [9.17, 15) is 0 Å². The minimum atomic E-state index is 1.14. The third-order valence-corrected chi connectivity index (χ3v) is 14.0. The van der Waals surface area contributed by atoms with Crippen LogP contribution in [-0.4, -0.2) is 13.7 Å². The Labute approximate surface area is 387 Å². The van der Waals surface area contributed by atoms with E-state index in [1.807, 2.05) is 0 Å². The zero-order valence-corrected chi connectivity index (χ0v) is 36.5. The van der Waals surface area contributed by atoms with Crippen LogP contribution in [-0.2, 0) is 0 Å². The molecular weight excluding hydrogens is 811 g/mol. The second-order valence-electron chi connectivity index (χ2n) is 17.8. The number of hydrogen-bond acceptors (Lipinski definition) is 0. The zero-order chi connectivity index (χ0) is 44.0. The fourth-order valence-electron chi connectivity index (χ4n) is 10.9. The van der Waals surface area contributed by atoms with Gasteiger partial charge in [0, 0.05) is 49.4 Å². The van der Waals surface area contributed by atoms with Crippen molar-refractivity contribution in [2.75, 3.05) is 0 Å². The van der Waals surface area contributed by atoms with Crippen LogP contribution in [0.4, 0.5) is 0 Å². The molecule has 14 aromatic rings. The smallest absolute Gasteiger partial charge is 0.0562 e. The molecule has 0 atom stereocenters. The molecule has 0 aliphatic rings. The summed E-state index contributed by atoms with van der Waals surface area (Å²) in [7, 11) is 0. The van der Waals surface area contributed by atoms with Gasteiger partial charge in [0.25, 0.3) is 0 Å². The Morgan fingerprint density at radius 2 is 0.597 bits per heavy atom. The lowest BCUT2D eigenvalue weighted by atomic mass is 10.00. The second-order valence-corrected chi connectivity index (χ2v) is 17.8. The molecule has 67 heavy (non-hydrogen) atoms. The molecule has 0 fully saturated rings. The van der Waals surface area contributed by atoms with E-state index < -0.39 is 0 Å². The Kier molecular flexibility index (Phi) is 8.28. The largest absolute Gasteiger partial charge is 0.309 e. The summed E-state index contributed by atoms with van der Waals surface area (Å²) in [6.45, 7) is 0. The first-order chi connectivity index (χ1) is 33.2. The van der Waals surface area contributed by atoms with E-state index in [-0.39, 0.29) is 0 Å². The van der Waals surface area contributed by atoms with Crippen molar-refractivity contribution < 1.29 is 0 Å². The summed E-state index contributed by atoms with van der Waals surface area (Å²) in [6.07, 6.45) is 0. The second kappa shape index (κ2) is 14.8. The van der Waals surface area contributed by atoms with E-state index in [0.717, 1.165) is 17.1 Å². The molecule has 3 heterocycles. The highest BCUT2D eigenvalue weighted by molar-refractivity contribution is 6.20. The number of nitrogens with zero attached hydrogens (tertiary/aromatic N) is 3. The standard InChI is InChI=1S/C64H41N3/c1-3-14-42(15-4-1)45-26-31-50(32-27-45)65-59-24-11-10-23-54(59)57-40-58-56-39-49(30-35-62(56)67(64(58)41-63(57)65)52-33-28-44-18-7-8-19-46(44)37-52)48-29-34-61-55(38-48)53-22-9-12-25-60(53)66(61)51-21-13-20-47(36-51)43-16-5-2-6-17-43/h1-41H. The fraction of sp³-hybridized carbons (Fsp3) is 0. The first kappa shape index (κ1) is 37.5. The van der Waals surface area contributed by atoms with Crippen molar-refractivity contribution in [2.24, 2.45) is 0 Å². The summed E-state index contributed by atoms with van der Waals surface area (Å²) in [5, 5.41) is 9.88. The molecule has 0 radical (unpaired) electrons. The summed E-state index contributed by atoms with van der Waals surface area (Å²) >= 11 is 0. The topological polar surface area (TPSA) is 14.8 Å². The van der Waals surface area contributed by atoms with Crippen molar-refractivity contribution in [3.63, 3.8) is 0 Å². The molecule has 0 aliphatic heterocycles. The van der Waals surface area contributed by atoms with Gasteiger partial charge in [0.2, 0.25) is 0 Å². The Balaban J connectivity index is 0.979. The third-order valence-electron chi connectivity index (χ3n) is 14.0. The molecule has 0 aliphatic carbocycles. The third kappa shape index (κ3) is 5.92. The van der Waals surface area contributed by atoms with Crippen LogP contribution in [0.15, 0.2) is 249 Å². The number of fused-ring (bicyclic) bond motifs is 10. The monoisotopic (exact) mass is 851 g/mol. The van der Waals surface area contributed by atoms with Crippen LogP contribution in [0.2, 0.25) is 0 Å². The molecule has 11 aromatic carbocycles. The van der Waals surface area contributed by atoms with E-state index >= 15 is 0 Å². The van der Waals surface area contributed by atoms with Crippen molar-refractivity contribution in [1.29, 1.82) is 0 Å². The highest BCUT2D eigenvalue weighted by Crippen LogP contribution is 2.42. The van der Waals surface area contributed by atoms with Gasteiger partial charge in [-0.2, -0.15) is 0 Å². The van der Waals surface area contributed by atoms with Gasteiger partial charge in [0.15, 0.2) is 0 Å². The molecule has 3 nitrogen and oxygen atoms in total. The van der Waals surface area contributed by atoms with E-state index in [1.54, 1.807) is 0 Å². The average molecular weight is 852 g/mol. The van der Waals surface area contributed by atoms with Crippen LogP contribution in [0.25, 0.3) is 127 Å². The Bertz CT molecular complexity index is 4240. The maximum Gasteiger partial charge on any atom is 0.0562 e. The first-order valence-corrected chi connectivity index (χ1v) is 23.1. The van der Waals surface area contributed by atoms with E-state index in [4.69, 9.17) is 0 Å². The summed E-state index contributed by atoms with van der Waals surface area (Å²) in [5.74, 6) is 0. The summed E-state index contributed by atoms with van der Waals surface area (Å²) in [6, 6.07) is 91.3. The number of hydrogen-bond donors (Lipinski definition) is 0. The lowest BCUT2D eigenvalue weighted by molar-refractivity contribution is 1.17. The molecular formula is C64H41N3. The van der Waals surface area contributed by atoms with Crippen LogP contribution >= 0.6 is 0 Å². The molecule has 0 unspecified atom stereocenters. The molecule has 3 heteroatoms. The number of benzene rings is 11. The maximum absolute atomic E-state index is 2.47. The molecule has 0 saturated carbocycles. The number of rotatable bonds is 6. The van der Waals surface area contributed by atoms with Crippen molar-refractivity contribution in [3.05, 3.63) is 249 Å². The Morgan fingerprint density at radius 1 is 0.179 bits per heavy atom. The minimum Gasteiger partial charge on any atom is -0.309 e. The Morgan fingerprint density at radius 3 is 1.27 bits per heavy atom. The summed E-state index contributed by atoms with van der Waals surface area (Å²) < 4.78 is 7.33. The quantitative estimate of drug-likeness (QED) is 0.158. The van der Waals surface area contributed by atoms with Crippen molar-refractivity contribution in [3.8, 4) is 50.4 Å². The minimum absolute atomic E-state index is 1.14. The molecule has 3 aromatic heterocycles. The van der Waals surface area contributed by atoms with Crippen molar-refractivity contribution in [1.82, 2.24) is 13.7 Å². The van der Waals surface area contributed by atoms with Crippen LogP contribution in [0.1, 0.15) is 0 Å². The van der Waals surface area contributed by atoms with Gasteiger partial charge in [-0.25, -0.2) is 0 Å². The maximum atomic E-state index is 2.47. The lowest BCUT2D eigenvalue weighted by Crippen LogP contribution is -1.96. The van der Waals surface area contributed by atoms with E-state index in [0.29, 0.717) is 0 Å². The van der Waals surface area contributed by atoms with Gasteiger partial charge >= 0.3 is 0 Å². The average Bonchev–Trinajstić information content (AvgIpc) is 4.03. The van der Waals surface area contributed by atoms with Crippen molar-refractivity contribution in [2.45, 2.75) is 0 Å². The summed E-state index contributed by atoms with van der Waals surface area (Å²) in [5.41, 5.74) is 17.8. The molecule has 0 spiro atoms. The van der Waals surface area contributed by atoms with Gasteiger partial charge < -0.3 is 13.7 Å². The molecule has 0 N–H and O–H groups in total. The lowest BCUT2D eigenvalue weighted by Gasteiger charge is -2.12. The van der Waals surface area contributed by atoms with E-state index in [2.05, 4.69) is 262 Å². The van der Waals surface area contributed by atoms with Crippen LogP contribution in [0.5, 0.6) is 0 Å². The molecule has 312 valence electrons. The fourth-order valence-corrected chi connectivity index (χ4v) is 10.9. The van der Waals surface area contributed by atoms with Gasteiger partial charge in [-0.05, 0) is 129 Å². The highest BCUT2D eigenvalue weighted by atomic mass is 15.0. The zero-order valence-electron chi connectivity index (χ0n) is 36.5. The first-order valence-electron chi connectivity index (χ1n) is 23.1. The number of para-hydroxylation sites is 2. The van der Waals surface area contributed by atoms with Crippen LogP contribution in [0, 0.1) is 0 Å². The van der Waals surface area contributed by atoms with E-state index in [1.165, 1.54) is 110 Å². The van der Waals surface area contributed by atoms with Crippen LogP contribution in [0.3, 0.4) is 0 Å². The van der Waals surface area contributed by atoms with Gasteiger partial charge in [0.1, 0.15) is 0 Å². The Hall–Kier alpha value is -8.92. The van der Waals surface area contributed by atoms with Gasteiger partial charge in [-0.15, -0.1) is 0 Å². The van der Waals surface area contributed by atoms with Gasteiger partial charge in [0.05, 0.1) is 33.1 Å². The van der Waals surface area contributed by atoms with Gasteiger partial charge in [-0.3, -0.25) is 0 Å². The normalized spacial score (nSPS) is 11.9. The highest BCUT2D eigenvalue weighted by Gasteiger charge is 2.20. The predicted molar refractivity (Wildman–Crippen MR) is 283 cm³/mol.